The van der Waals surface area contributed by atoms with E-state index in [1.807, 2.05) is 0 Å². The minimum absolute atomic E-state index is 0.0865. The van der Waals surface area contributed by atoms with Gasteiger partial charge in [0.25, 0.3) is 0 Å². The third kappa shape index (κ3) is 1.93. The number of methoxy groups -OCH3 is 1. The molecule has 0 aliphatic heterocycles. The second-order valence-corrected chi connectivity index (χ2v) is 3.68. The van der Waals surface area contributed by atoms with E-state index >= 15 is 0 Å². The third-order valence-electron chi connectivity index (χ3n) is 2.67. The Hall–Kier alpha value is -2.36. The summed E-state index contributed by atoms with van der Waals surface area (Å²) in [4.78, 5) is 10.7. The molecule has 0 saturated heterocycles. The molecular formula is C14H11FO3. The molecule has 2 aromatic rings. The van der Waals surface area contributed by atoms with E-state index in [-0.39, 0.29) is 28.2 Å². The summed E-state index contributed by atoms with van der Waals surface area (Å²) < 4.78 is 18.9. The zero-order chi connectivity index (χ0) is 13.1. The van der Waals surface area contributed by atoms with Crippen molar-refractivity contribution in [1.29, 1.82) is 0 Å². The molecule has 0 radical (unpaired) electrons. The molecule has 3 nitrogen and oxygen atoms in total. The average Bonchev–Trinajstić information content (AvgIpc) is 2.40. The lowest BCUT2D eigenvalue weighted by Gasteiger charge is -2.10. The van der Waals surface area contributed by atoms with Crippen LogP contribution in [0.15, 0.2) is 36.4 Å². The van der Waals surface area contributed by atoms with Crippen LogP contribution >= 0.6 is 0 Å². The van der Waals surface area contributed by atoms with Crippen molar-refractivity contribution in [3.63, 3.8) is 0 Å². The summed E-state index contributed by atoms with van der Waals surface area (Å²) >= 11 is 0. The summed E-state index contributed by atoms with van der Waals surface area (Å²) in [6.45, 7) is 0. The number of phenols is 1. The van der Waals surface area contributed by atoms with Crippen molar-refractivity contribution in [1.82, 2.24) is 0 Å². The number of benzene rings is 2. The molecule has 2 rings (SSSR count). The van der Waals surface area contributed by atoms with Gasteiger partial charge in [0.05, 0.1) is 12.7 Å². The zero-order valence-corrected chi connectivity index (χ0v) is 9.68. The summed E-state index contributed by atoms with van der Waals surface area (Å²) in [6.07, 6.45) is 0.525. The molecule has 92 valence electrons. The first kappa shape index (κ1) is 12.1. The van der Waals surface area contributed by atoms with Gasteiger partial charge in [-0.05, 0) is 12.1 Å². The maximum atomic E-state index is 14.0. The Morgan fingerprint density at radius 3 is 2.50 bits per heavy atom. The van der Waals surface area contributed by atoms with Gasteiger partial charge in [-0.1, -0.05) is 24.3 Å². The van der Waals surface area contributed by atoms with Gasteiger partial charge in [0, 0.05) is 11.1 Å². The van der Waals surface area contributed by atoms with E-state index in [4.69, 9.17) is 4.74 Å². The quantitative estimate of drug-likeness (QED) is 0.847. The van der Waals surface area contributed by atoms with E-state index in [0.29, 0.717) is 6.29 Å². The molecule has 0 aliphatic carbocycles. The molecule has 18 heavy (non-hydrogen) atoms. The number of hydrogen-bond donors (Lipinski definition) is 1. The van der Waals surface area contributed by atoms with Crippen molar-refractivity contribution in [2.45, 2.75) is 0 Å². The highest BCUT2D eigenvalue weighted by atomic mass is 19.1. The first-order valence-corrected chi connectivity index (χ1v) is 5.29. The van der Waals surface area contributed by atoms with Gasteiger partial charge in [-0.15, -0.1) is 0 Å². The number of carbonyl (C=O) groups is 1. The van der Waals surface area contributed by atoms with Crippen molar-refractivity contribution < 1.29 is 19.0 Å². The fourth-order valence-corrected chi connectivity index (χ4v) is 1.75. The topological polar surface area (TPSA) is 46.5 Å². The first-order chi connectivity index (χ1) is 8.69. The molecule has 2 aromatic carbocycles. The van der Waals surface area contributed by atoms with Crippen LogP contribution in [0.2, 0.25) is 0 Å². The minimum Gasteiger partial charge on any atom is -0.507 e. The number of carbonyl (C=O) groups excluding carboxylic acids is 1. The monoisotopic (exact) mass is 246 g/mol. The second kappa shape index (κ2) is 4.87. The highest BCUT2D eigenvalue weighted by molar-refractivity contribution is 5.86. The van der Waals surface area contributed by atoms with Crippen LogP contribution in [-0.4, -0.2) is 18.5 Å². The summed E-state index contributed by atoms with van der Waals surface area (Å²) in [5.41, 5.74) is 0.571. The van der Waals surface area contributed by atoms with Crippen LogP contribution < -0.4 is 4.74 Å². The highest BCUT2D eigenvalue weighted by Gasteiger charge is 2.15. The largest absolute Gasteiger partial charge is 0.507 e. The van der Waals surface area contributed by atoms with Crippen LogP contribution in [0.4, 0.5) is 4.39 Å². The fraction of sp³-hybridized carbons (Fsp3) is 0.0714. The summed E-state index contributed by atoms with van der Waals surface area (Å²) in [5.74, 6) is -0.721. The number of halogens is 1. The number of aldehydes is 1. The SMILES string of the molecule is COc1cccc(-c2cccc(C=O)c2O)c1F. The predicted octanol–water partition coefficient (Wildman–Crippen LogP) is 3.02. The Balaban J connectivity index is 2.66. The molecule has 0 aliphatic rings. The fourth-order valence-electron chi connectivity index (χ4n) is 1.75. The number of para-hydroxylation sites is 1. The molecule has 0 spiro atoms. The normalized spacial score (nSPS) is 10.1. The second-order valence-electron chi connectivity index (χ2n) is 3.68. The van der Waals surface area contributed by atoms with Crippen molar-refractivity contribution >= 4 is 6.29 Å². The number of phenolic OH excluding ortho intramolecular Hbond substituents is 1. The van der Waals surface area contributed by atoms with Gasteiger partial charge in [-0.3, -0.25) is 4.79 Å². The third-order valence-corrected chi connectivity index (χ3v) is 2.67. The summed E-state index contributed by atoms with van der Waals surface area (Å²) in [7, 11) is 1.36. The van der Waals surface area contributed by atoms with E-state index < -0.39 is 5.82 Å². The number of ether oxygens (including phenoxy) is 1. The van der Waals surface area contributed by atoms with Gasteiger partial charge in [0.1, 0.15) is 5.75 Å². The maximum Gasteiger partial charge on any atom is 0.172 e. The molecule has 0 saturated carbocycles. The van der Waals surface area contributed by atoms with Crippen molar-refractivity contribution in [2.24, 2.45) is 0 Å². The van der Waals surface area contributed by atoms with Crippen LogP contribution in [0.3, 0.4) is 0 Å². The van der Waals surface area contributed by atoms with E-state index in [0.717, 1.165) is 0 Å². The molecule has 0 unspecified atom stereocenters. The van der Waals surface area contributed by atoms with Gasteiger partial charge >= 0.3 is 0 Å². The van der Waals surface area contributed by atoms with E-state index in [9.17, 15) is 14.3 Å². The first-order valence-electron chi connectivity index (χ1n) is 5.29. The number of aromatic hydroxyl groups is 1. The van der Waals surface area contributed by atoms with Gasteiger partial charge in [0.2, 0.25) is 0 Å². The zero-order valence-electron chi connectivity index (χ0n) is 9.68. The van der Waals surface area contributed by atoms with Crippen LogP contribution in [-0.2, 0) is 0 Å². The lowest BCUT2D eigenvalue weighted by molar-refractivity contribution is 0.112. The molecule has 0 atom stereocenters. The van der Waals surface area contributed by atoms with Gasteiger partial charge in [-0.25, -0.2) is 4.39 Å². The maximum absolute atomic E-state index is 14.0. The Labute approximate surface area is 103 Å². The average molecular weight is 246 g/mol. The molecule has 0 aromatic heterocycles. The summed E-state index contributed by atoms with van der Waals surface area (Å²) in [6, 6.07) is 9.20. The van der Waals surface area contributed by atoms with Crippen LogP contribution in [0, 0.1) is 5.82 Å². The van der Waals surface area contributed by atoms with E-state index in [2.05, 4.69) is 0 Å². The van der Waals surface area contributed by atoms with Crippen molar-refractivity contribution in [3.05, 3.63) is 47.8 Å². The van der Waals surface area contributed by atoms with Gasteiger partial charge in [0.15, 0.2) is 17.9 Å². The Morgan fingerprint density at radius 2 is 1.83 bits per heavy atom. The van der Waals surface area contributed by atoms with Crippen molar-refractivity contribution in [2.75, 3.05) is 7.11 Å². The van der Waals surface area contributed by atoms with E-state index in [1.165, 1.54) is 25.3 Å². The number of hydrogen-bond acceptors (Lipinski definition) is 3. The lowest BCUT2D eigenvalue weighted by atomic mass is 10.0. The van der Waals surface area contributed by atoms with Gasteiger partial charge < -0.3 is 9.84 Å². The van der Waals surface area contributed by atoms with Crippen LogP contribution in [0.1, 0.15) is 10.4 Å². The summed E-state index contributed by atoms with van der Waals surface area (Å²) in [5, 5.41) is 9.89. The van der Waals surface area contributed by atoms with Crippen LogP contribution in [0.5, 0.6) is 11.5 Å². The smallest absolute Gasteiger partial charge is 0.172 e. The van der Waals surface area contributed by atoms with Gasteiger partial charge in [-0.2, -0.15) is 0 Å². The Kier molecular flexibility index (Phi) is 3.28. The highest BCUT2D eigenvalue weighted by Crippen LogP contribution is 2.35. The molecule has 0 amide bonds. The minimum atomic E-state index is -0.571. The van der Waals surface area contributed by atoms with Crippen LogP contribution in [0.25, 0.3) is 11.1 Å². The lowest BCUT2D eigenvalue weighted by Crippen LogP contribution is -1.92. The standard InChI is InChI=1S/C14H11FO3/c1-18-12-7-3-5-10(13(12)15)11-6-2-4-9(8-16)14(11)17/h2-8,17H,1H3. The predicted molar refractivity (Wildman–Crippen MR) is 65.4 cm³/mol. The Bertz CT molecular complexity index is 594. The molecule has 0 fully saturated rings. The Morgan fingerprint density at radius 1 is 1.17 bits per heavy atom. The molecule has 0 bridgehead atoms. The molecular weight excluding hydrogens is 235 g/mol. The van der Waals surface area contributed by atoms with E-state index in [1.54, 1.807) is 18.2 Å². The van der Waals surface area contributed by atoms with Crippen molar-refractivity contribution in [3.8, 4) is 22.6 Å². The molecule has 1 N–H and O–H groups in total. The molecule has 4 heteroatoms. The number of rotatable bonds is 3. The molecule has 0 heterocycles.